The second-order valence-electron chi connectivity index (χ2n) is 4.74. The minimum atomic E-state index is 0.174. The van der Waals surface area contributed by atoms with E-state index in [0.29, 0.717) is 12.6 Å². The Morgan fingerprint density at radius 3 is 2.83 bits per heavy atom. The van der Waals surface area contributed by atoms with Gasteiger partial charge in [0.25, 0.3) is 0 Å². The van der Waals surface area contributed by atoms with E-state index in [0.717, 1.165) is 22.1 Å². The molecule has 1 aliphatic carbocycles. The summed E-state index contributed by atoms with van der Waals surface area (Å²) in [6, 6.07) is 6.53. The Hall–Kier alpha value is -1.81. The van der Waals surface area contributed by atoms with Crippen LogP contribution in [0.3, 0.4) is 0 Å². The first-order valence-corrected chi connectivity index (χ1v) is 6.31. The van der Waals surface area contributed by atoms with Crippen molar-refractivity contribution in [2.45, 2.75) is 18.9 Å². The summed E-state index contributed by atoms with van der Waals surface area (Å²) in [4.78, 5) is 6.41. The Labute approximate surface area is 106 Å². The molecule has 0 amide bonds. The summed E-state index contributed by atoms with van der Waals surface area (Å²) in [6.07, 6.45) is 6.00. The molecule has 4 heteroatoms. The summed E-state index contributed by atoms with van der Waals surface area (Å²) in [5.74, 6) is 0. The van der Waals surface area contributed by atoms with Gasteiger partial charge < -0.3 is 15.7 Å². The summed E-state index contributed by atoms with van der Waals surface area (Å²) in [6.45, 7) is 0.847. The smallest absolute Gasteiger partial charge is 0.0606 e. The van der Waals surface area contributed by atoms with E-state index >= 15 is 0 Å². The fourth-order valence-electron chi connectivity index (χ4n) is 2.44. The fraction of sp³-hybridized carbons (Fsp3) is 0.357. The zero-order chi connectivity index (χ0) is 12.5. The van der Waals surface area contributed by atoms with Gasteiger partial charge in [-0.15, -0.1) is 0 Å². The van der Waals surface area contributed by atoms with Crippen LogP contribution in [0, 0.1) is 0 Å². The first-order valence-electron chi connectivity index (χ1n) is 6.31. The lowest BCUT2D eigenvalue weighted by atomic mass is 10.1. The predicted molar refractivity (Wildman–Crippen MR) is 73.6 cm³/mol. The summed E-state index contributed by atoms with van der Waals surface area (Å²) in [5, 5.41) is 11.3. The number of anilines is 2. The molecule has 1 aromatic heterocycles. The Morgan fingerprint density at radius 2 is 2.11 bits per heavy atom. The quantitative estimate of drug-likeness (QED) is 0.803. The SMILES string of the molecule is Nc1ccc(N(CCO)C2CC2)c2ccncc12. The van der Waals surface area contributed by atoms with E-state index in [1.165, 1.54) is 12.8 Å². The van der Waals surface area contributed by atoms with Gasteiger partial charge >= 0.3 is 0 Å². The van der Waals surface area contributed by atoms with Gasteiger partial charge in [0.2, 0.25) is 0 Å². The zero-order valence-corrected chi connectivity index (χ0v) is 10.2. The minimum absolute atomic E-state index is 0.174. The van der Waals surface area contributed by atoms with E-state index in [4.69, 9.17) is 5.73 Å². The Morgan fingerprint density at radius 1 is 1.28 bits per heavy atom. The number of pyridine rings is 1. The van der Waals surface area contributed by atoms with Crippen molar-refractivity contribution in [3.63, 3.8) is 0 Å². The molecular formula is C14H17N3O. The molecule has 0 atom stereocenters. The first kappa shape index (κ1) is 11.3. The summed E-state index contributed by atoms with van der Waals surface area (Å²) < 4.78 is 0. The fourth-order valence-corrected chi connectivity index (χ4v) is 2.44. The maximum Gasteiger partial charge on any atom is 0.0606 e. The second kappa shape index (κ2) is 4.46. The van der Waals surface area contributed by atoms with Crippen molar-refractivity contribution in [1.29, 1.82) is 0 Å². The third kappa shape index (κ3) is 1.88. The average Bonchev–Trinajstić information content (AvgIpc) is 3.22. The highest BCUT2D eigenvalue weighted by Crippen LogP contribution is 2.36. The Bertz CT molecular complexity index is 566. The largest absolute Gasteiger partial charge is 0.398 e. The third-order valence-electron chi connectivity index (χ3n) is 3.47. The van der Waals surface area contributed by atoms with E-state index in [-0.39, 0.29) is 6.61 Å². The molecule has 3 rings (SSSR count). The van der Waals surface area contributed by atoms with Gasteiger partial charge in [0.15, 0.2) is 0 Å². The molecule has 0 bridgehead atoms. The van der Waals surface area contributed by atoms with Gasteiger partial charge in [-0.2, -0.15) is 0 Å². The Balaban J connectivity index is 2.12. The molecule has 4 nitrogen and oxygen atoms in total. The van der Waals surface area contributed by atoms with Crippen LogP contribution in [-0.2, 0) is 0 Å². The second-order valence-corrected chi connectivity index (χ2v) is 4.74. The molecule has 1 aliphatic rings. The van der Waals surface area contributed by atoms with Crippen LogP contribution in [0.5, 0.6) is 0 Å². The number of hydrogen-bond donors (Lipinski definition) is 2. The zero-order valence-electron chi connectivity index (χ0n) is 10.2. The number of rotatable bonds is 4. The summed E-state index contributed by atoms with van der Waals surface area (Å²) in [5.41, 5.74) is 7.89. The number of fused-ring (bicyclic) bond motifs is 1. The number of hydrogen-bond acceptors (Lipinski definition) is 4. The first-order chi connectivity index (χ1) is 8.81. The molecule has 18 heavy (non-hydrogen) atoms. The van der Waals surface area contributed by atoms with Crippen LogP contribution in [0.2, 0.25) is 0 Å². The van der Waals surface area contributed by atoms with E-state index in [9.17, 15) is 5.11 Å². The van der Waals surface area contributed by atoms with Crippen molar-refractivity contribution in [2.75, 3.05) is 23.8 Å². The van der Waals surface area contributed by atoms with Crippen LogP contribution < -0.4 is 10.6 Å². The average molecular weight is 243 g/mol. The van der Waals surface area contributed by atoms with Gasteiger partial charge in [-0.3, -0.25) is 4.98 Å². The number of aliphatic hydroxyl groups excluding tert-OH is 1. The Kier molecular flexibility index (Phi) is 2.80. The number of aliphatic hydroxyl groups is 1. The van der Waals surface area contributed by atoms with Crippen molar-refractivity contribution in [2.24, 2.45) is 0 Å². The highest BCUT2D eigenvalue weighted by atomic mass is 16.3. The molecule has 0 aliphatic heterocycles. The molecule has 0 saturated heterocycles. The lowest BCUT2D eigenvalue weighted by Crippen LogP contribution is -2.29. The minimum Gasteiger partial charge on any atom is -0.398 e. The molecule has 1 fully saturated rings. The third-order valence-corrected chi connectivity index (χ3v) is 3.47. The van der Waals surface area contributed by atoms with E-state index < -0.39 is 0 Å². The molecule has 0 spiro atoms. The van der Waals surface area contributed by atoms with Crippen molar-refractivity contribution >= 4 is 22.1 Å². The molecule has 0 radical (unpaired) electrons. The van der Waals surface area contributed by atoms with E-state index in [1.807, 2.05) is 18.2 Å². The number of benzene rings is 1. The van der Waals surface area contributed by atoms with Gasteiger partial charge in [-0.05, 0) is 31.0 Å². The summed E-state index contributed by atoms with van der Waals surface area (Å²) >= 11 is 0. The maximum absolute atomic E-state index is 9.22. The van der Waals surface area contributed by atoms with Crippen molar-refractivity contribution in [1.82, 2.24) is 4.98 Å². The van der Waals surface area contributed by atoms with Crippen molar-refractivity contribution in [3.05, 3.63) is 30.6 Å². The predicted octanol–water partition coefficient (Wildman–Crippen LogP) is 1.78. The lowest BCUT2D eigenvalue weighted by Gasteiger charge is -2.25. The molecule has 1 aromatic carbocycles. The molecule has 3 N–H and O–H groups in total. The molecule has 1 saturated carbocycles. The highest BCUT2D eigenvalue weighted by molar-refractivity contribution is 6.01. The van der Waals surface area contributed by atoms with Crippen molar-refractivity contribution < 1.29 is 5.11 Å². The van der Waals surface area contributed by atoms with Crippen LogP contribution in [-0.4, -0.2) is 29.3 Å². The maximum atomic E-state index is 9.22. The topological polar surface area (TPSA) is 62.4 Å². The van der Waals surface area contributed by atoms with Gasteiger partial charge in [-0.25, -0.2) is 0 Å². The highest BCUT2D eigenvalue weighted by Gasteiger charge is 2.29. The molecular weight excluding hydrogens is 226 g/mol. The van der Waals surface area contributed by atoms with E-state index in [2.05, 4.69) is 9.88 Å². The van der Waals surface area contributed by atoms with Crippen LogP contribution in [0.15, 0.2) is 30.6 Å². The molecule has 2 aromatic rings. The molecule has 1 heterocycles. The van der Waals surface area contributed by atoms with Crippen molar-refractivity contribution in [3.8, 4) is 0 Å². The van der Waals surface area contributed by atoms with Crippen LogP contribution in [0.1, 0.15) is 12.8 Å². The number of nitrogen functional groups attached to an aromatic ring is 1. The monoisotopic (exact) mass is 243 g/mol. The van der Waals surface area contributed by atoms with Gasteiger partial charge in [0.05, 0.1) is 6.61 Å². The van der Waals surface area contributed by atoms with Gasteiger partial charge in [0, 0.05) is 47.1 Å². The number of nitrogens with two attached hydrogens (primary N) is 1. The van der Waals surface area contributed by atoms with Crippen LogP contribution >= 0.6 is 0 Å². The standard InChI is InChI=1S/C14H17N3O/c15-13-3-4-14(11-5-6-16-9-12(11)13)17(7-8-18)10-1-2-10/h3-6,9-10,18H,1-2,7-8,15H2. The van der Waals surface area contributed by atoms with Crippen LogP contribution in [0.4, 0.5) is 11.4 Å². The number of aromatic nitrogens is 1. The normalized spacial score (nSPS) is 14.9. The molecule has 0 unspecified atom stereocenters. The van der Waals surface area contributed by atoms with Crippen LogP contribution in [0.25, 0.3) is 10.8 Å². The van der Waals surface area contributed by atoms with E-state index in [1.54, 1.807) is 12.4 Å². The van der Waals surface area contributed by atoms with Gasteiger partial charge in [0.1, 0.15) is 0 Å². The number of nitrogens with zero attached hydrogens (tertiary/aromatic N) is 2. The lowest BCUT2D eigenvalue weighted by molar-refractivity contribution is 0.301. The summed E-state index contributed by atoms with van der Waals surface area (Å²) in [7, 11) is 0. The van der Waals surface area contributed by atoms with Gasteiger partial charge in [-0.1, -0.05) is 0 Å². The molecule has 94 valence electrons.